The van der Waals surface area contributed by atoms with E-state index in [1.165, 1.54) is 16.7 Å². The van der Waals surface area contributed by atoms with Crippen LogP contribution in [0.5, 0.6) is 5.75 Å². The second kappa shape index (κ2) is 2.88. The molecule has 0 radical (unpaired) electrons. The Kier molecular flexibility index (Phi) is 1.57. The Bertz CT molecular complexity index is 429. The Morgan fingerprint density at radius 3 is 2.43 bits per heavy atom. The van der Waals surface area contributed by atoms with Crippen LogP contribution >= 0.6 is 0 Å². The molecule has 3 rings (SSSR count). The molecule has 14 heavy (non-hydrogen) atoms. The number of hydrogen-bond donors (Lipinski definition) is 0. The fourth-order valence-corrected chi connectivity index (χ4v) is 1.88. The molecule has 1 nitrogen and oxygen atoms in total. The molecule has 0 amide bonds. The summed E-state index contributed by atoms with van der Waals surface area (Å²) >= 11 is 0. The van der Waals surface area contributed by atoms with Crippen molar-refractivity contribution in [2.45, 2.75) is 6.61 Å². The second-order valence-corrected chi connectivity index (χ2v) is 3.44. The van der Waals surface area contributed by atoms with Crippen molar-refractivity contribution in [3.05, 3.63) is 54.1 Å². The van der Waals surface area contributed by atoms with Gasteiger partial charge in [0.05, 0.1) is 0 Å². The molecule has 0 atom stereocenters. The average Bonchev–Trinajstić information content (AvgIpc) is 2.29. The molecule has 0 aromatic heterocycles. The zero-order valence-corrected chi connectivity index (χ0v) is 7.73. The third-order valence-corrected chi connectivity index (χ3v) is 2.58. The summed E-state index contributed by atoms with van der Waals surface area (Å²) in [5.74, 6) is 0.992. The molecule has 1 heteroatoms. The van der Waals surface area contributed by atoms with Gasteiger partial charge < -0.3 is 4.74 Å². The summed E-state index contributed by atoms with van der Waals surface area (Å²) in [6.07, 6.45) is 0. The first kappa shape index (κ1) is 7.63. The topological polar surface area (TPSA) is 9.23 Å². The molecule has 1 aliphatic rings. The summed E-state index contributed by atoms with van der Waals surface area (Å²) in [4.78, 5) is 0. The van der Waals surface area contributed by atoms with Crippen LogP contribution in [0.3, 0.4) is 0 Å². The molecule has 68 valence electrons. The third-order valence-electron chi connectivity index (χ3n) is 2.58. The van der Waals surface area contributed by atoms with Crippen molar-refractivity contribution >= 4 is 0 Å². The first-order chi connectivity index (χ1) is 6.95. The Balaban J connectivity index is 2.29. The van der Waals surface area contributed by atoms with Crippen molar-refractivity contribution in [2.75, 3.05) is 0 Å². The van der Waals surface area contributed by atoms with Crippen LogP contribution < -0.4 is 4.74 Å². The summed E-state index contributed by atoms with van der Waals surface area (Å²) in [6.45, 7) is 0.688. The molecule has 0 saturated heterocycles. The molecule has 0 unspecified atom stereocenters. The van der Waals surface area contributed by atoms with Gasteiger partial charge >= 0.3 is 0 Å². The predicted octanol–water partition coefficient (Wildman–Crippen LogP) is 3.25. The molecule has 0 spiro atoms. The second-order valence-electron chi connectivity index (χ2n) is 3.44. The fraction of sp³-hybridized carbons (Fsp3) is 0.0769. The molecule has 0 saturated carbocycles. The Hall–Kier alpha value is -1.76. The normalized spacial score (nSPS) is 12.6. The van der Waals surface area contributed by atoms with Crippen LogP contribution in [-0.2, 0) is 6.61 Å². The lowest BCUT2D eigenvalue weighted by Crippen LogP contribution is -2.04. The molecular weight excluding hydrogens is 172 g/mol. The lowest BCUT2D eigenvalue weighted by molar-refractivity contribution is 0.302. The van der Waals surface area contributed by atoms with E-state index in [0.29, 0.717) is 6.61 Å². The highest BCUT2D eigenvalue weighted by Gasteiger charge is 2.14. The van der Waals surface area contributed by atoms with Gasteiger partial charge in [0.1, 0.15) is 12.4 Å². The van der Waals surface area contributed by atoms with Crippen molar-refractivity contribution in [3.63, 3.8) is 0 Å². The maximum absolute atomic E-state index is 5.65. The third kappa shape index (κ3) is 1.02. The minimum absolute atomic E-state index is 0.688. The highest BCUT2D eigenvalue weighted by atomic mass is 16.5. The molecule has 0 fully saturated rings. The van der Waals surface area contributed by atoms with Gasteiger partial charge in [-0.3, -0.25) is 0 Å². The minimum atomic E-state index is 0.688. The minimum Gasteiger partial charge on any atom is -0.488 e. The van der Waals surface area contributed by atoms with Crippen molar-refractivity contribution in [2.24, 2.45) is 0 Å². The summed E-state index contributed by atoms with van der Waals surface area (Å²) in [7, 11) is 0. The number of rotatable bonds is 0. The van der Waals surface area contributed by atoms with Gasteiger partial charge in [-0.25, -0.2) is 0 Å². The predicted molar refractivity (Wildman–Crippen MR) is 56.2 cm³/mol. The zero-order valence-electron chi connectivity index (χ0n) is 7.73. The van der Waals surface area contributed by atoms with Gasteiger partial charge in [0.2, 0.25) is 0 Å². The number of fused-ring (bicyclic) bond motifs is 3. The average molecular weight is 182 g/mol. The number of benzene rings is 2. The van der Waals surface area contributed by atoms with Crippen molar-refractivity contribution < 1.29 is 4.74 Å². The van der Waals surface area contributed by atoms with Crippen LogP contribution in [0.25, 0.3) is 11.1 Å². The molecular formula is C13H10O. The van der Waals surface area contributed by atoms with Gasteiger partial charge in [0.25, 0.3) is 0 Å². The molecule has 2 aromatic rings. The van der Waals surface area contributed by atoms with E-state index in [4.69, 9.17) is 4.74 Å². The first-order valence-corrected chi connectivity index (χ1v) is 4.75. The first-order valence-electron chi connectivity index (χ1n) is 4.75. The molecule has 2 aromatic carbocycles. The van der Waals surface area contributed by atoms with Crippen LogP contribution in [-0.4, -0.2) is 0 Å². The smallest absolute Gasteiger partial charge is 0.127 e. The summed E-state index contributed by atoms with van der Waals surface area (Å²) in [6, 6.07) is 16.6. The monoisotopic (exact) mass is 182 g/mol. The van der Waals surface area contributed by atoms with Gasteiger partial charge in [0, 0.05) is 5.56 Å². The quantitative estimate of drug-likeness (QED) is 0.607. The van der Waals surface area contributed by atoms with Gasteiger partial charge in [0.15, 0.2) is 0 Å². The van der Waals surface area contributed by atoms with Crippen molar-refractivity contribution in [1.29, 1.82) is 0 Å². The zero-order chi connectivity index (χ0) is 9.38. The van der Waals surface area contributed by atoms with Gasteiger partial charge in [-0.1, -0.05) is 42.5 Å². The maximum Gasteiger partial charge on any atom is 0.127 e. The fourth-order valence-electron chi connectivity index (χ4n) is 1.88. The largest absolute Gasteiger partial charge is 0.488 e. The Morgan fingerprint density at radius 1 is 0.786 bits per heavy atom. The highest BCUT2D eigenvalue weighted by molar-refractivity contribution is 5.74. The van der Waals surface area contributed by atoms with E-state index in [1.54, 1.807) is 0 Å². The van der Waals surface area contributed by atoms with Crippen molar-refractivity contribution in [3.8, 4) is 16.9 Å². The Morgan fingerprint density at radius 2 is 1.50 bits per heavy atom. The van der Waals surface area contributed by atoms with E-state index >= 15 is 0 Å². The van der Waals surface area contributed by atoms with E-state index in [9.17, 15) is 0 Å². The van der Waals surface area contributed by atoms with Gasteiger partial charge in [-0.15, -0.1) is 0 Å². The van der Waals surface area contributed by atoms with E-state index in [2.05, 4.69) is 30.3 Å². The molecule has 0 bridgehead atoms. The van der Waals surface area contributed by atoms with Crippen LogP contribution in [0.4, 0.5) is 0 Å². The van der Waals surface area contributed by atoms with E-state index < -0.39 is 0 Å². The van der Waals surface area contributed by atoms with E-state index in [-0.39, 0.29) is 0 Å². The Labute approximate surface area is 83.0 Å². The standard InChI is InChI=1S/C13H10O/c1-2-6-11-10(5-1)9-14-13-8-4-3-7-12(11)13/h1-8H,9H2. The molecule has 1 aliphatic heterocycles. The van der Waals surface area contributed by atoms with Gasteiger partial charge in [-0.05, 0) is 17.2 Å². The van der Waals surface area contributed by atoms with Crippen molar-refractivity contribution in [1.82, 2.24) is 0 Å². The molecule has 1 heterocycles. The van der Waals surface area contributed by atoms with Crippen LogP contribution in [0.2, 0.25) is 0 Å². The molecule has 0 N–H and O–H groups in total. The summed E-state index contributed by atoms with van der Waals surface area (Å²) in [5, 5.41) is 0. The van der Waals surface area contributed by atoms with Crippen LogP contribution in [0, 0.1) is 0 Å². The van der Waals surface area contributed by atoms with E-state index in [0.717, 1.165) is 5.75 Å². The van der Waals surface area contributed by atoms with Gasteiger partial charge in [-0.2, -0.15) is 0 Å². The van der Waals surface area contributed by atoms with Crippen LogP contribution in [0.1, 0.15) is 5.56 Å². The van der Waals surface area contributed by atoms with Crippen LogP contribution in [0.15, 0.2) is 48.5 Å². The maximum atomic E-state index is 5.65. The summed E-state index contributed by atoms with van der Waals surface area (Å²) < 4.78 is 5.65. The SMILES string of the molecule is c1ccc2c(c1)COc1ccccc1-2. The van der Waals surface area contributed by atoms with E-state index in [1.807, 2.05) is 18.2 Å². The highest BCUT2D eigenvalue weighted by Crippen LogP contribution is 2.36. The number of para-hydroxylation sites is 1. The number of hydrogen-bond acceptors (Lipinski definition) is 1. The number of ether oxygens (including phenoxy) is 1. The molecule has 0 aliphatic carbocycles. The lowest BCUT2D eigenvalue weighted by atomic mass is 9.97. The summed E-state index contributed by atoms with van der Waals surface area (Å²) in [5.41, 5.74) is 3.77. The lowest BCUT2D eigenvalue weighted by Gasteiger charge is -2.20.